The molecular weight excluding hydrogens is 190 g/mol. The van der Waals surface area contributed by atoms with Crippen LogP contribution in [-0.2, 0) is 0 Å². The Hall–Kier alpha value is -1.06. The third-order valence-electron chi connectivity index (χ3n) is 2.35. The van der Waals surface area contributed by atoms with Gasteiger partial charge in [0.2, 0.25) is 0 Å². The fraction of sp³-hybridized carbons (Fsp3) is 0.500. The van der Waals surface area contributed by atoms with Crippen LogP contribution in [0.1, 0.15) is 26.0 Å². The first-order chi connectivity index (χ1) is 7.14. The highest BCUT2D eigenvalue weighted by Gasteiger charge is 2.15. The Labute approximate surface area is 90.8 Å². The van der Waals surface area contributed by atoms with Crippen molar-refractivity contribution in [1.82, 2.24) is 5.32 Å². The maximum Gasteiger partial charge on any atom is 0.126 e. The summed E-state index contributed by atoms with van der Waals surface area (Å²) < 4.78 is 5.14. The van der Waals surface area contributed by atoms with Crippen molar-refractivity contribution in [1.29, 1.82) is 0 Å². The summed E-state index contributed by atoms with van der Waals surface area (Å²) in [6, 6.07) is 3.76. The molecule has 1 aromatic rings. The van der Waals surface area contributed by atoms with E-state index in [0.29, 0.717) is 6.54 Å². The molecule has 3 heteroatoms. The van der Waals surface area contributed by atoms with Crippen LogP contribution in [0.4, 0.5) is 0 Å². The SMILES string of the molecule is CCC(C)(O)CNC/C=C/c1ccco1. The number of furan rings is 1. The number of hydrogen-bond acceptors (Lipinski definition) is 3. The van der Waals surface area contributed by atoms with Gasteiger partial charge in [0, 0.05) is 13.1 Å². The van der Waals surface area contributed by atoms with Crippen molar-refractivity contribution in [2.75, 3.05) is 13.1 Å². The van der Waals surface area contributed by atoms with E-state index in [1.54, 1.807) is 6.26 Å². The zero-order chi connectivity index (χ0) is 11.1. The molecule has 0 aliphatic carbocycles. The molecule has 1 aromatic heterocycles. The molecule has 0 saturated heterocycles. The van der Waals surface area contributed by atoms with Crippen LogP contribution in [0.2, 0.25) is 0 Å². The maximum atomic E-state index is 9.70. The minimum Gasteiger partial charge on any atom is -0.465 e. The molecule has 1 atom stereocenters. The predicted octanol–water partition coefficient (Wildman–Crippen LogP) is 2.04. The molecule has 1 unspecified atom stereocenters. The molecule has 0 aromatic carbocycles. The Bertz CT molecular complexity index is 289. The van der Waals surface area contributed by atoms with Gasteiger partial charge in [0.1, 0.15) is 5.76 Å². The standard InChI is InChI=1S/C12H19NO2/c1-3-12(2,14)10-13-8-4-6-11-7-5-9-15-11/h4-7,9,13-14H,3,8,10H2,1-2H3/b6-4+. The Morgan fingerprint density at radius 2 is 2.40 bits per heavy atom. The molecule has 0 amide bonds. The van der Waals surface area contributed by atoms with Crippen LogP contribution >= 0.6 is 0 Å². The van der Waals surface area contributed by atoms with Crippen LogP contribution in [0.15, 0.2) is 28.9 Å². The van der Waals surface area contributed by atoms with Gasteiger partial charge in [0.15, 0.2) is 0 Å². The van der Waals surface area contributed by atoms with Gasteiger partial charge >= 0.3 is 0 Å². The highest BCUT2D eigenvalue weighted by molar-refractivity contribution is 5.42. The Morgan fingerprint density at radius 3 is 3.00 bits per heavy atom. The van der Waals surface area contributed by atoms with E-state index in [9.17, 15) is 5.11 Å². The van der Waals surface area contributed by atoms with Crippen molar-refractivity contribution in [3.63, 3.8) is 0 Å². The topological polar surface area (TPSA) is 45.4 Å². The molecule has 0 aliphatic heterocycles. The molecule has 0 aliphatic rings. The molecule has 1 rings (SSSR count). The lowest BCUT2D eigenvalue weighted by atomic mass is 10.0. The summed E-state index contributed by atoms with van der Waals surface area (Å²) >= 11 is 0. The Morgan fingerprint density at radius 1 is 1.60 bits per heavy atom. The van der Waals surface area contributed by atoms with Gasteiger partial charge in [0.05, 0.1) is 11.9 Å². The van der Waals surface area contributed by atoms with Crippen molar-refractivity contribution in [2.24, 2.45) is 0 Å². The van der Waals surface area contributed by atoms with Crippen molar-refractivity contribution >= 4 is 6.08 Å². The maximum absolute atomic E-state index is 9.70. The molecule has 0 radical (unpaired) electrons. The van der Waals surface area contributed by atoms with Gasteiger partial charge in [-0.05, 0) is 31.6 Å². The predicted molar refractivity (Wildman–Crippen MR) is 61.5 cm³/mol. The summed E-state index contributed by atoms with van der Waals surface area (Å²) in [6.45, 7) is 5.14. The molecule has 0 bridgehead atoms. The highest BCUT2D eigenvalue weighted by atomic mass is 16.3. The van der Waals surface area contributed by atoms with Gasteiger partial charge < -0.3 is 14.8 Å². The molecule has 15 heavy (non-hydrogen) atoms. The lowest BCUT2D eigenvalue weighted by molar-refractivity contribution is 0.0569. The van der Waals surface area contributed by atoms with Crippen LogP contribution in [0.25, 0.3) is 6.08 Å². The van der Waals surface area contributed by atoms with Crippen molar-refractivity contribution in [3.8, 4) is 0 Å². The second-order valence-electron chi connectivity index (χ2n) is 3.90. The smallest absolute Gasteiger partial charge is 0.126 e. The number of hydrogen-bond donors (Lipinski definition) is 2. The Balaban J connectivity index is 2.17. The first kappa shape index (κ1) is 12.0. The van der Waals surface area contributed by atoms with E-state index in [4.69, 9.17) is 4.42 Å². The average Bonchev–Trinajstić information content (AvgIpc) is 2.70. The minimum atomic E-state index is -0.613. The number of nitrogens with one attached hydrogen (secondary N) is 1. The van der Waals surface area contributed by atoms with E-state index in [0.717, 1.165) is 18.7 Å². The summed E-state index contributed by atoms with van der Waals surface area (Å²) in [6.07, 6.45) is 6.29. The summed E-state index contributed by atoms with van der Waals surface area (Å²) in [5.41, 5.74) is -0.613. The molecular formula is C12H19NO2. The fourth-order valence-electron chi connectivity index (χ4n) is 1.11. The zero-order valence-electron chi connectivity index (χ0n) is 9.36. The van der Waals surface area contributed by atoms with Crippen LogP contribution in [0.3, 0.4) is 0 Å². The van der Waals surface area contributed by atoms with E-state index in [1.165, 1.54) is 0 Å². The van der Waals surface area contributed by atoms with Crippen molar-refractivity contribution in [3.05, 3.63) is 30.2 Å². The van der Waals surface area contributed by atoms with Crippen LogP contribution in [0.5, 0.6) is 0 Å². The molecule has 0 saturated carbocycles. The van der Waals surface area contributed by atoms with Gasteiger partial charge in [-0.3, -0.25) is 0 Å². The lowest BCUT2D eigenvalue weighted by Crippen LogP contribution is -2.37. The molecule has 0 spiro atoms. The van der Waals surface area contributed by atoms with Gasteiger partial charge in [-0.15, -0.1) is 0 Å². The molecule has 0 fully saturated rings. The van der Waals surface area contributed by atoms with Crippen molar-refractivity contribution in [2.45, 2.75) is 25.9 Å². The third kappa shape index (κ3) is 4.81. The Kier molecular flexibility index (Phi) is 4.59. The summed E-state index contributed by atoms with van der Waals surface area (Å²) in [7, 11) is 0. The van der Waals surface area contributed by atoms with Crippen LogP contribution in [-0.4, -0.2) is 23.8 Å². The van der Waals surface area contributed by atoms with Crippen LogP contribution in [0, 0.1) is 0 Å². The van der Waals surface area contributed by atoms with Gasteiger partial charge in [-0.2, -0.15) is 0 Å². The van der Waals surface area contributed by atoms with E-state index in [1.807, 2.05) is 38.1 Å². The van der Waals surface area contributed by atoms with Gasteiger partial charge in [0.25, 0.3) is 0 Å². The zero-order valence-corrected chi connectivity index (χ0v) is 9.36. The lowest BCUT2D eigenvalue weighted by Gasteiger charge is -2.20. The molecule has 2 N–H and O–H groups in total. The van der Waals surface area contributed by atoms with E-state index < -0.39 is 5.60 Å². The first-order valence-corrected chi connectivity index (χ1v) is 5.27. The third-order valence-corrected chi connectivity index (χ3v) is 2.35. The quantitative estimate of drug-likeness (QED) is 0.705. The fourth-order valence-corrected chi connectivity index (χ4v) is 1.11. The van der Waals surface area contributed by atoms with E-state index >= 15 is 0 Å². The summed E-state index contributed by atoms with van der Waals surface area (Å²) in [4.78, 5) is 0. The van der Waals surface area contributed by atoms with E-state index in [2.05, 4.69) is 5.32 Å². The molecule has 3 nitrogen and oxygen atoms in total. The largest absolute Gasteiger partial charge is 0.465 e. The summed E-state index contributed by atoms with van der Waals surface area (Å²) in [5.74, 6) is 0.846. The first-order valence-electron chi connectivity index (χ1n) is 5.27. The van der Waals surface area contributed by atoms with E-state index in [-0.39, 0.29) is 0 Å². The number of rotatable bonds is 6. The second kappa shape index (κ2) is 5.73. The van der Waals surface area contributed by atoms with Gasteiger partial charge in [-0.1, -0.05) is 13.0 Å². The number of aliphatic hydroxyl groups is 1. The normalized spacial score (nSPS) is 15.7. The molecule has 84 valence electrons. The average molecular weight is 209 g/mol. The second-order valence-corrected chi connectivity index (χ2v) is 3.90. The highest BCUT2D eigenvalue weighted by Crippen LogP contribution is 2.05. The minimum absolute atomic E-state index is 0.603. The van der Waals surface area contributed by atoms with Crippen LogP contribution < -0.4 is 5.32 Å². The monoisotopic (exact) mass is 209 g/mol. The summed E-state index contributed by atoms with van der Waals surface area (Å²) in [5, 5.41) is 12.9. The molecule has 1 heterocycles. The van der Waals surface area contributed by atoms with Crippen molar-refractivity contribution < 1.29 is 9.52 Å². The van der Waals surface area contributed by atoms with Gasteiger partial charge in [-0.25, -0.2) is 0 Å².